The van der Waals surface area contributed by atoms with Crippen LogP contribution in [0, 0.1) is 0 Å². The lowest BCUT2D eigenvalue weighted by Gasteiger charge is -2.32. The van der Waals surface area contributed by atoms with Crippen LogP contribution in [0.25, 0.3) is 0 Å². The molecule has 1 aromatic rings. The quantitative estimate of drug-likeness (QED) is 0.334. The van der Waals surface area contributed by atoms with Crippen LogP contribution >= 0.6 is 24.0 Å². The Hall–Kier alpha value is -1.06. The number of hydrogen-bond donors (Lipinski definition) is 2. The summed E-state index contributed by atoms with van der Waals surface area (Å²) in [7, 11) is 0. The van der Waals surface area contributed by atoms with E-state index in [2.05, 4.69) is 41.5 Å². The van der Waals surface area contributed by atoms with Gasteiger partial charge in [-0.25, -0.2) is 4.99 Å². The molecule has 6 nitrogen and oxygen atoms in total. The average Bonchev–Trinajstić information content (AvgIpc) is 2.64. The van der Waals surface area contributed by atoms with Crippen LogP contribution in [-0.4, -0.2) is 62.4 Å². The normalized spacial score (nSPS) is 16.6. The fraction of sp³-hybridized carbons (Fsp3) is 0.650. The molecule has 0 aromatic heterocycles. The molecule has 27 heavy (non-hydrogen) atoms. The van der Waals surface area contributed by atoms with Crippen LogP contribution in [0.5, 0.6) is 5.75 Å². The average molecular weight is 490 g/mol. The SMILES string of the molecule is CCNC(=NCc1cccc(OC(C)C)c1)NCC(C)N1CCOCC1.I. The van der Waals surface area contributed by atoms with Crippen molar-refractivity contribution in [2.24, 2.45) is 4.99 Å². The Morgan fingerprint density at radius 2 is 1.96 bits per heavy atom. The van der Waals surface area contributed by atoms with Gasteiger partial charge in [0.05, 0.1) is 25.9 Å². The molecule has 1 aliphatic rings. The molecule has 1 unspecified atom stereocenters. The van der Waals surface area contributed by atoms with Gasteiger partial charge in [0.25, 0.3) is 0 Å². The molecule has 0 spiro atoms. The van der Waals surface area contributed by atoms with E-state index in [0.717, 1.165) is 56.7 Å². The van der Waals surface area contributed by atoms with Crippen molar-refractivity contribution in [3.63, 3.8) is 0 Å². The van der Waals surface area contributed by atoms with Gasteiger partial charge in [-0.2, -0.15) is 0 Å². The molecule has 1 saturated heterocycles. The fourth-order valence-corrected chi connectivity index (χ4v) is 2.89. The maximum atomic E-state index is 5.76. The third-order valence-corrected chi connectivity index (χ3v) is 4.27. The third kappa shape index (κ3) is 9.12. The minimum atomic E-state index is 0. The lowest BCUT2D eigenvalue weighted by molar-refractivity contribution is 0.0211. The molecule has 1 aliphatic heterocycles. The largest absolute Gasteiger partial charge is 0.491 e. The van der Waals surface area contributed by atoms with E-state index in [9.17, 15) is 0 Å². The molecule has 2 rings (SSSR count). The summed E-state index contributed by atoms with van der Waals surface area (Å²) in [6.45, 7) is 14.4. The number of hydrogen-bond acceptors (Lipinski definition) is 4. The van der Waals surface area contributed by atoms with Gasteiger partial charge in [0.15, 0.2) is 5.96 Å². The highest BCUT2D eigenvalue weighted by molar-refractivity contribution is 14.0. The van der Waals surface area contributed by atoms with Crippen LogP contribution in [0.2, 0.25) is 0 Å². The molecular formula is C20H35IN4O2. The zero-order valence-corrected chi connectivity index (χ0v) is 19.4. The van der Waals surface area contributed by atoms with Crippen LogP contribution in [0.3, 0.4) is 0 Å². The highest BCUT2D eigenvalue weighted by Crippen LogP contribution is 2.15. The Labute approximate surface area is 181 Å². The van der Waals surface area contributed by atoms with Crippen molar-refractivity contribution in [1.82, 2.24) is 15.5 Å². The second-order valence-corrected chi connectivity index (χ2v) is 6.89. The minimum Gasteiger partial charge on any atom is -0.491 e. The lowest BCUT2D eigenvalue weighted by Crippen LogP contribution is -2.49. The van der Waals surface area contributed by atoms with Crippen LogP contribution in [0.1, 0.15) is 33.3 Å². The molecule has 0 amide bonds. The van der Waals surface area contributed by atoms with E-state index in [4.69, 9.17) is 14.5 Å². The Kier molecular flexibility index (Phi) is 11.7. The molecule has 0 bridgehead atoms. The molecule has 154 valence electrons. The summed E-state index contributed by atoms with van der Waals surface area (Å²) in [5, 5.41) is 6.78. The van der Waals surface area contributed by atoms with Crippen LogP contribution in [0.4, 0.5) is 0 Å². The van der Waals surface area contributed by atoms with Gasteiger partial charge in [0.1, 0.15) is 5.75 Å². The van der Waals surface area contributed by atoms with Gasteiger partial charge < -0.3 is 20.1 Å². The van der Waals surface area contributed by atoms with E-state index in [1.54, 1.807) is 0 Å². The van der Waals surface area contributed by atoms with Crippen LogP contribution in [0.15, 0.2) is 29.3 Å². The highest BCUT2D eigenvalue weighted by Gasteiger charge is 2.16. The first-order valence-corrected chi connectivity index (χ1v) is 9.68. The van der Waals surface area contributed by atoms with Gasteiger partial charge >= 0.3 is 0 Å². The number of nitrogens with one attached hydrogen (secondary N) is 2. The number of guanidine groups is 1. The molecule has 1 atom stereocenters. The van der Waals surface area contributed by atoms with Gasteiger partial charge in [-0.1, -0.05) is 12.1 Å². The Morgan fingerprint density at radius 1 is 1.22 bits per heavy atom. The predicted octanol–water partition coefficient (Wildman–Crippen LogP) is 2.87. The Bertz CT molecular complexity index is 563. The van der Waals surface area contributed by atoms with Crippen molar-refractivity contribution < 1.29 is 9.47 Å². The van der Waals surface area contributed by atoms with Crippen LogP contribution < -0.4 is 15.4 Å². The number of nitrogens with zero attached hydrogens (tertiary/aromatic N) is 2. The van der Waals surface area contributed by atoms with Crippen molar-refractivity contribution in [2.45, 2.75) is 46.4 Å². The smallest absolute Gasteiger partial charge is 0.191 e. The number of halogens is 1. The summed E-state index contributed by atoms with van der Waals surface area (Å²) < 4.78 is 11.2. The highest BCUT2D eigenvalue weighted by atomic mass is 127. The van der Waals surface area contributed by atoms with Crippen molar-refractivity contribution in [3.05, 3.63) is 29.8 Å². The number of rotatable bonds is 8. The predicted molar refractivity (Wildman–Crippen MR) is 122 cm³/mol. The maximum absolute atomic E-state index is 5.76. The molecular weight excluding hydrogens is 455 g/mol. The van der Waals surface area contributed by atoms with Gasteiger partial charge in [-0.15, -0.1) is 24.0 Å². The molecule has 7 heteroatoms. The number of benzene rings is 1. The number of ether oxygens (including phenoxy) is 2. The number of aliphatic imine (C=N–C) groups is 1. The second kappa shape index (κ2) is 13.2. The summed E-state index contributed by atoms with van der Waals surface area (Å²) in [6.07, 6.45) is 0.175. The Balaban J connectivity index is 0.00000364. The molecule has 1 heterocycles. The van der Waals surface area contributed by atoms with Crippen molar-refractivity contribution in [1.29, 1.82) is 0 Å². The fourth-order valence-electron chi connectivity index (χ4n) is 2.89. The molecule has 2 N–H and O–H groups in total. The third-order valence-electron chi connectivity index (χ3n) is 4.27. The summed E-state index contributed by atoms with van der Waals surface area (Å²) in [5.74, 6) is 1.74. The first-order chi connectivity index (χ1) is 12.6. The van der Waals surface area contributed by atoms with E-state index in [1.165, 1.54) is 0 Å². The molecule has 0 saturated carbocycles. The van der Waals surface area contributed by atoms with E-state index in [1.807, 2.05) is 26.0 Å². The minimum absolute atomic E-state index is 0. The summed E-state index contributed by atoms with van der Waals surface area (Å²) >= 11 is 0. The monoisotopic (exact) mass is 490 g/mol. The molecule has 0 radical (unpaired) electrons. The van der Waals surface area contributed by atoms with Crippen molar-refractivity contribution in [2.75, 3.05) is 39.4 Å². The number of morpholine rings is 1. The summed E-state index contributed by atoms with van der Waals surface area (Å²) in [4.78, 5) is 7.17. The van der Waals surface area contributed by atoms with Crippen LogP contribution in [-0.2, 0) is 11.3 Å². The van der Waals surface area contributed by atoms with E-state index < -0.39 is 0 Å². The first kappa shape index (κ1) is 24.0. The van der Waals surface area contributed by atoms with Gasteiger partial charge in [-0.05, 0) is 45.4 Å². The van der Waals surface area contributed by atoms with Gasteiger partial charge in [0.2, 0.25) is 0 Å². The zero-order chi connectivity index (χ0) is 18.8. The van der Waals surface area contributed by atoms with Gasteiger partial charge in [-0.3, -0.25) is 4.90 Å². The first-order valence-electron chi connectivity index (χ1n) is 9.68. The topological polar surface area (TPSA) is 58.1 Å². The van der Waals surface area contributed by atoms with Crippen molar-refractivity contribution >= 4 is 29.9 Å². The second-order valence-electron chi connectivity index (χ2n) is 6.89. The summed E-state index contributed by atoms with van der Waals surface area (Å²) in [5.41, 5.74) is 1.14. The van der Waals surface area contributed by atoms with Gasteiger partial charge in [0, 0.05) is 32.2 Å². The van der Waals surface area contributed by atoms with E-state index in [0.29, 0.717) is 12.6 Å². The molecule has 1 fully saturated rings. The Morgan fingerprint density at radius 3 is 2.63 bits per heavy atom. The zero-order valence-electron chi connectivity index (χ0n) is 17.0. The van der Waals surface area contributed by atoms with E-state index in [-0.39, 0.29) is 30.1 Å². The standard InChI is InChI=1S/C20H34N4O2.HI/c1-5-21-20(22-14-17(4)24-9-11-25-12-10-24)23-15-18-7-6-8-19(13-18)26-16(2)3;/h6-8,13,16-17H,5,9-12,14-15H2,1-4H3,(H2,21,22,23);1H. The van der Waals surface area contributed by atoms with Crippen molar-refractivity contribution in [3.8, 4) is 5.75 Å². The molecule has 1 aromatic carbocycles. The maximum Gasteiger partial charge on any atom is 0.191 e. The lowest BCUT2D eigenvalue weighted by atomic mass is 10.2. The van der Waals surface area contributed by atoms with E-state index >= 15 is 0 Å². The molecule has 0 aliphatic carbocycles. The summed E-state index contributed by atoms with van der Waals surface area (Å²) in [6, 6.07) is 8.59.